The van der Waals surface area contributed by atoms with Gasteiger partial charge in [-0.2, -0.15) is 0 Å². The van der Waals surface area contributed by atoms with E-state index in [2.05, 4.69) is 55.1 Å². The van der Waals surface area contributed by atoms with Crippen LogP contribution in [0.25, 0.3) is 5.65 Å². The minimum absolute atomic E-state index is 0.265. The number of hydrogen-bond donors (Lipinski definition) is 4. The van der Waals surface area contributed by atoms with E-state index in [1.165, 1.54) is 31.5 Å². The average Bonchev–Trinajstić information content (AvgIpc) is 3.62. The van der Waals surface area contributed by atoms with Gasteiger partial charge in [-0.1, -0.05) is 12.1 Å². The van der Waals surface area contributed by atoms with Gasteiger partial charge >= 0.3 is 0 Å². The lowest BCUT2D eigenvalue weighted by atomic mass is 9.92. The van der Waals surface area contributed by atoms with Crippen molar-refractivity contribution in [2.24, 2.45) is 5.73 Å². The highest BCUT2D eigenvalue weighted by Crippen LogP contribution is 2.27. The van der Waals surface area contributed by atoms with E-state index in [-0.39, 0.29) is 18.0 Å². The number of nitrogens with one attached hydrogen (secondary N) is 3. The maximum atomic E-state index is 13.2. The van der Waals surface area contributed by atoms with Crippen LogP contribution in [-0.2, 0) is 6.54 Å². The lowest BCUT2D eigenvalue weighted by molar-refractivity contribution is 0.102. The largest absolute Gasteiger partial charge is 0.366 e. The molecule has 6 rings (SSSR count). The molecule has 10 nitrogen and oxygen atoms in total. The lowest BCUT2D eigenvalue weighted by Gasteiger charge is -2.27. The molecule has 39 heavy (non-hydrogen) atoms. The van der Waals surface area contributed by atoms with Gasteiger partial charge < -0.3 is 21.7 Å². The van der Waals surface area contributed by atoms with E-state index in [4.69, 9.17) is 10.8 Å². The van der Waals surface area contributed by atoms with Crippen molar-refractivity contribution in [3.8, 4) is 0 Å². The van der Waals surface area contributed by atoms with Gasteiger partial charge in [0.2, 0.25) is 0 Å². The van der Waals surface area contributed by atoms with Crippen molar-refractivity contribution in [3.05, 3.63) is 72.3 Å². The molecule has 0 unspecified atom stereocenters. The Morgan fingerprint density at radius 1 is 0.974 bits per heavy atom. The van der Waals surface area contributed by atoms with E-state index in [1.807, 2.05) is 6.07 Å². The van der Waals surface area contributed by atoms with Crippen molar-refractivity contribution < 1.29 is 4.79 Å². The zero-order valence-electron chi connectivity index (χ0n) is 22.0. The van der Waals surface area contributed by atoms with E-state index in [0.29, 0.717) is 22.8 Å². The number of amides is 1. The molecule has 0 radical (unpaired) electrons. The lowest BCUT2D eigenvalue weighted by Crippen LogP contribution is -2.33. The van der Waals surface area contributed by atoms with Crippen LogP contribution < -0.4 is 21.7 Å². The zero-order chi connectivity index (χ0) is 26.6. The van der Waals surface area contributed by atoms with Gasteiger partial charge in [0.1, 0.15) is 5.82 Å². The third-order valence-corrected chi connectivity index (χ3v) is 7.60. The second-order valence-electron chi connectivity index (χ2n) is 10.6. The Labute approximate surface area is 228 Å². The number of pyridine rings is 1. The molecular weight excluding hydrogens is 490 g/mol. The van der Waals surface area contributed by atoms with Gasteiger partial charge in [-0.15, -0.1) is 5.10 Å². The van der Waals surface area contributed by atoms with Crippen LogP contribution in [0.4, 0.5) is 22.9 Å². The van der Waals surface area contributed by atoms with Gasteiger partial charge in [-0.3, -0.25) is 14.7 Å². The van der Waals surface area contributed by atoms with Crippen LogP contribution in [0, 0.1) is 0 Å². The summed E-state index contributed by atoms with van der Waals surface area (Å²) in [5, 5.41) is 14.8. The number of likely N-dealkylation sites (tertiary alicyclic amines) is 1. The number of anilines is 4. The summed E-state index contributed by atoms with van der Waals surface area (Å²) in [5.74, 6) is 0.395. The van der Waals surface area contributed by atoms with Gasteiger partial charge in [0.05, 0.1) is 11.9 Å². The number of hydrogen-bond acceptors (Lipinski definition) is 8. The number of imidazole rings is 1. The first kappa shape index (κ1) is 25.3. The number of carbonyl (C=O) groups excluding carboxylic acids is 1. The molecule has 1 aromatic carbocycles. The van der Waals surface area contributed by atoms with Gasteiger partial charge in [-0.05, 0) is 81.4 Å². The third kappa shape index (κ3) is 6.02. The number of carbonyl (C=O) groups is 1. The first-order chi connectivity index (χ1) is 19.1. The highest BCUT2D eigenvalue weighted by molar-refractivity contribution is 6.03. The molecule has 3 aromatic heterocycles. The summed E-state index contributed by atoms with van der Waals surface area (Å²) < 4.78 is 1.61. The fraction of sp³-hybridized carbons (Fsp3) is 0.379. The molecule has 2 aliphatic rings. The van der Waals surface area contributed by atoms with Crippen LogP contribution in [0.5, 0.6) is 0 Å². The number of fused-ring (bicyclic) bond motifs is 1. The Morgan fingerprint density at radius 3 is 2.46 bits per heavy atom. The average molecular weight is 526 g/mol. The molecule has 5 N–H and O–H groups in total. The summed E-state index contributed by atoms with van der Waals surface area (Å²) in [6.07, 6.45) is 11.4. The van der Waals surface area contributed by atoms with E-state index in [1.54, 1.807) is 35.2 Å². The Morgan fingerprint density at radius 2 is 1.72 bits per heavy atom. The first-order valence-corrected chi connectivity index (χ1v) is 13.8. The first-order valence-electron chi connectivity index (χ1n) is 13.8. The fourth-order valence-electron chi connectivity index (χ4n) is 5.44. The molecule has 1 aliphatic heterocycles. The second-order valence-corrected chi connectivity index (χ2v) is 10.6. The van der Waals surface area contributed by atoms with Crippen molar-refractivity contribution in [2.75, 3.05) is 29.0 Å². The van der Waals surface area contributed by atoms with E-state index in [0.717, 1.165) is 43.6 Å². The molecule has 10 heteroatoms. The van der Waals surface area contributed by atoms with Crippen LogP contribution >= 0.6 is 0 Å². The van der Waals surface area contributed by atoms with Crippen LogP contribution in [0.3, 0.4) is 0 Å². The van der Waals surface area contributed by atoms with Crippen molar-refractivity contribution in [2.45, 2.75) is 57.2 Å². The molecule has 4 heterocycles. The number of rotatable bonds is 8. The molecule has 1 saturated carbocycles. The summed E-state index contributed by atoms with van der Waals surface area (Å²) in [6.45, 7) is 3.33. The topological polar surface area (TPSA) is 126 Å². The molecule has 0 atom stereocenters. The SMILES string of the molecule is NC1CCC(Nc2cc(Nc3ccc(CN4CCCC4)cc3)c3ncc(C(=O)Nc4ccncc4)n3n2)CC1. The molecule has 4 aromatic rings. The summed E-state index contributed by atoms with van der Waals surface area (Å²) in [7, 11) is 0. The number of nitrogens with zero attached hydrogens (tertiary/aromatic N) is 5. The molecule has 0 spiro atoms. The smallest absolute Gasteiger partial charge is 0.276 e. The third-order valence-electron chi connectivity index (χ3n) is 7.60. The molecule has 2 fully saturated rings. The van der Waals surface area contributed by atoms with Crippen molar-refractivity contribution in [1.29, 1.82) is 0 Å². The van der Waals surface area contributed by atoms with E-state index < -0.39 is 0 Å². The van der Waals surface area contributed by atoms with Crippen LogP contribution in [-0.4, -0.2) is 55.6 Å². The Bertz CT molecular complexity index is 1410. The fourth-order valence-corrected chi connectivity index (χ4v) is 5.44. The Kier molecular flexibility index (Phi) is 7.38. The van der Waals surface area contributed by atoms with Crippen LogP contribution in [0.1, 0.15) is 54.6 Å². The maximum absolute atomic E-state index is 13.2. The second kappa shape index (κ2) is 11.4. The predicted molar refractivity (Wildman–Crippen MR) is 153 cm³/mol. The highest BCUT2D eigenvalue weighted by atomic mass is 16.2. The molecule has 1 aliphatic carbocycles. The van der Waals surface area contributed by atoms with Crippen molar-refractivity contribution >= 4 is 34.4 Å². The standard InChI is InChI=1S/C29H35N9O/c30-21-5-9-23(10-6-21)34-27-17-25(33-22-7-3-20(4-8-22)19-37-15-1-2-16-37)28-32-18-26(38(28)36-27)29(39)35-24-11-13-31-14-12-24/h3-4,7-8,11-14,17-18,21,23,33H,1-2,5-6,9-10,15-16,19,30H2,(H,34,36)(H,31,35,39). The quantitative estimate of drug-likeness (QED) is 0.267. The molecule has 1 amide bonds. The maximum Gasteiger partial charge on any atom is 0.276 e. The summed E-state index contributed by atoms with van der Waals surface area (Å²) >= 11 is 0. The number of nitrogens with two attached hydrogens (primary N) is 1. The Hall–Kier alpha value is -4.02. The van der Waals surface area contributed by atoms with Gasteiger partial charge in [0, 0.05) is 48.5 Å². The van der Waals surface area contributed by atoms with Gasteiger partial charge in [0.25, 0.3) is 5.91 Å². The Balaban J connectivity index is 1.28. The minimum atomic E-state index is -0.292. The van der Waals surface area contributed by atoms with Gasteiger partial charge in [-0.25, -0.2) is 9.50 Å². The van der Waals surface area contributed by atoms with E-state index >= 15 is 0 Å². The molecular formula is C29H35N9O. The van der Waals surface area contributed by atoms with Gasteiger partial charge in [0.15, 0.2) is 11.3 Å². The normalized spacial score (nSPS) is 19.7. The van der Waals surface area contributed by atoms with Crippen molar-refractivity contribution in [1.82, 2.24) is 24.5 Å². The highest BCUT2D eigenvalue weighted by Gasteiger charge is 2.21. The minimum Gasteiger partial charge on any atom is -0.366 e. The predicted octanol–water partition coefficient (Wildman–Crippen LogP) is 4.40. The summed E-state index contributed by atoms with van der Waals surface area (Å²) in [4.78, 5) is 24.3. The molecule has 1 saturated heterocycles. The molecule has 0 bridgehead atoms. The number of aromatic nitrogens is 4. The zero-order valence-corrected chi connectivity index (χ0v) is 22.0. The van der Waals surface area contributed by atoms with Crippen LogP contribution in [0.2, 0.25) is 0 Å². The van der Waals surface area contributed by atoms with E-state index in [9.17, 15) is 4.79 Å². The van der Waals surface area contributed by atoms with Crippen LogP contribution in [0.15, 0.2) is 61.1 Å². The van der Waals surface area contributed by atoms with Crippen molar-refractivity contribution in [3.63, 3.8) is 0 Å². The summed E-state index contributed by atoms with van der Waals surface area (Å²) in [5.41, 5.74) is 10.7. The summed E-state index contributed by atoms with van der Waals surface area (Å²) in [6, 6.07) is 14.5. The monoisotopic (exact) mass is 525 g/mol. The number of benzene rings is 1. The molecule has 202 valence electrons.